The van der Waals surface area contributed by atoms with E-state index in [0.717, 1.165) is 11.3 Å². The minimum Gasteiger partial charge on any atom is -0.497 e. The quantitative estimate of drug-likeness (QED) is 0.801. The molecule has 116 valence electrons. The average Bonchev–Trinajstić information content (AvgIpc) is 3.01. The molecular formula is C17H15N3O3. The van der Waals surface area contributed by atoms with Gasteiger partial charge in [-0.25, -0.2) is 9.48 Å². The lowest BCUT2D eigenvalue weighted by molar-refractivity contribution is 0.0691. The van der Waals surface area contributed by atoms with Crippen molar-refractivity contribution in [2.45, 2.75) is 6.92 Å². The van der Waals surface area contributed by atoms with Gasteiger partial charge >= 0.3 is 5.97 Å². The Labute approximate surface area is 133 Å². The number of aryl methyl sites for hydroxylation is 1. The van der Waals surface area contributed by atoms with Gasteiger partial charge in [0.2, 0.25) is 0 Å². The molecular weight excluding hydrogens is 294 g/mol. The van der Waals surface area contributed by atoms with Gasteiger partial charge in [-0.2, -0.15) is 0 Å². The average molecular weight is 309 g/mol. The van der Waals surface area contributed by atoms with Crippen molar-refractivity contribution < 1.29 is 14.6 Å². The number of benzene rings is 2. The van der Waals surface area contributed by atoms with Crippen molar-refractivity contribution in [3.05, 3.63) is 59.8 Å². The van der Waals surface area contributed by atoms with Crippen molar-refractivity contribution in [2.75, 3.05) is 7.11 Å². The highest BCUT2D eigenvalue weighted by molar-refractivity contribution is 5.93. The van der Waals surface area contributed by atoms with E-state index in [0.29, 0.717) is 17.0 Å². The topological polar surface area (TPSA) is 77.2 Å². The predicted octanol–water partition coefficient (Wildman–Crippen LogP) is 2.95. The Morgan fingerprint density at radius 1 is 1.17 bits per heavy atom. The molecule has 3 rings (SSSR count). The second-order valence-electron chi connectivity index (χ2n) is 5.07. The Morgan fingerprint density at radius 3 is 2.57 bits per heavy atom. The van der Waals surface area contributed by atoms with Crippen molar-refractivity contribution in [2.24, 2.45) is 0 Å². The largest absolute Gasteiger partial charge is 0.497 e. The fraction of sp³-hybridized carbons (Fsp3) is 0.118. The maximum atomic E-state index is 11.5. The molecule has 0 aliphatic rings. The third kappa shape index (κ3) is 2.78. The number of aromatic carboxylic acids is 1. The smallest absolute Gasteiger partial charge is 0.358 e. The van der Waals surface area contributed by atoms with Crippen molar-refractivity contribution in [3.63, 3.8) is 0 Å². The lowest BCUT2D eigenvalue weighted by Crippen LogP contribution is -2.03. The zero-order valence-electron chi connectivity index (χ0n) is 12.7. The molecule has 1 heterocycles. The summed E-state index contributed by atoms with van der Waals surface area (Å²) >= 11 is 0. The number of ether oxygens (including phenoxy) is 1. The van der Waals surface area contributed by atoms with Gasteiger partial charge in [0.1, 0.15) is 11.4 Å². The molecule has 0 aliphatic heterocycles. The molecule has 0 radical (unpaired) electrons. The van der Waals surface area contributed by atoms with E-state index in [1.807, 2.05) is 31.2 Å². The summed E-state index contributed by atoms with van der Waals surface area (Å²) in [6.07, 6.45) is 0. The molecule has 0 unspecified atom stereocenters. The van der Waals surface area contributed by atoms with Crippen LogP contribution in [0.15, 0.2) is 48.5 Å². The summed E-state index contributed by atoms with van der Waals surface area (Å²) in [4.78, 5) is 11.5. The fourth-order valence-corrected chi connectivity index (χ4v) is 2.32. The minimum absolute atomic E-state index is 0.0983. The van der Waals surface area contributed by atoms with Crippen LogP contribution in [0, 0.1) is 6.92 Å². The first-order chi connectivity index (χ1) is 11.1. The molecule has 0 fully saturated rings. The summed E-state index contributed by atoms with van der Waals surface area (Å²) in [7, 11) is 1.56. The molecule has 6 nitrogen and oxygen atoms in total. The van der Waals surface area contributed by atoms with E-state index in [9.17, 15) is 9.90 Å². The molecule has 0 saturated heterocycles. The normalized spacial score (nSPS) is 10.5. The highest BCUT2D eigenvalue weighted by Crippen LogP contribution is 2.28. The summed E-state index contributed by atoms with van der Waals surface area (Å²) in [5.41, 5.74) is 2.84. The number of nitrogens with zero attached hydrogens (tertiary/aromatic N) is 3. The second kappa shape index (κ2) is 5.92. The third-order valence-corrected chi connectivity index (χ3v) is 3.49. The first-order valence-electron chi connectivity index (χ1n) is 7.00. The molecule has 0 amide bonds. The molecule has 1 aromatic heterocycles. The molecule has 0 aliphatic carbocycles. The van der Waals surface area contributed by atoms with Crippen LogP contribution < -0.4 is 4.74 Å². The molecule has 6 heteroatoms. The third-order valence-electron chi connectivity index (χ3n) is 3.49. The summed E-state index contributed by atoms with van der Waals surface area (Å²) in [5, 5.41) is 17.2. The lowest BCUT2D eigenvalue weighted by Gasteiger charge is -2.09. The zero-order chi connectivity index (χ0) is 16.4. The van der Waals surface area contributed by atoms with Crippen molar-refractivity contribution >= 4 is 5.97 Å². The van der Waals surface area contributed by atoms with Crippen LogP contribution in [-0.2, 0) is 0 Å². The van der Waals surface area contributed by atoms with Gasteiger partial charge in [-0.1, -0.05) is 35.0 Å². The van der Waals surface area contributed by atoms with Crippen molar-refractivity contribution in [1.82, 2.24) is 15.0 Å². The maximum Gasteiger partial charge on any atom is 0.358 e. The fourth-order valence-electron chi connectivity index (χ4n) is 2.32. The Balaban J connectivity index is 2.22. The SMILES string of the molecule is COc1cccc(-c2c(C(=O)O)nnn2-c2ccc(C)cc2)c1. The zero-order valence-corrected chi connectivity index (χ0v) is 12.7. The number of hydrogen-bond donors (Lipinski definition) is 1. The number of methoxy groups -OCH3 is 1. The highest BCUT2D eigenvalue weighted by atomic mass is 16.5. The number of carboxylic acid groups (broad SMARTS) is 1. The standard InChI is InChI=1S/C17H15N3O3/c1-11-6-8-13(9-7-11)20-16(15(17(21)22)18-19-20)12-4-3-5-14(10-12)23-2/h3-10H,1-2H3,(H,21,22). The van der Waals surface area contributed by atoms with Crippen LogP contribution in [0.5, 0.6) is 5.75 Å². The van der Waals surface area contributed by atoms with Crippen LogP contribution in [0.25, 0.3) is 16.9 Å². The van der Waals surface area contributed by atoms with Crippen LogP contribution in [0.1, 0.15) is 16.1 Å². The molecule has 3 aromatic rings. The van der Waals surface area contributed by atoms with Crippen LogP contribution in [0.3, 0.4) is 0 Å². The van der Waals surface area contributed by atoms with Crippen LogP contribution >= 0.6 is 0 Å². The van der Waals surface area contributed by atoms with Crippen LogP contribution in [0.2, 0.25) is 0 Å². The van der Waals surface area contributed by atoms with Gasteiger partial charge in [0.15, 0.2) is 5.69 Å². The Bertz CT molecular complexity index is 854. The highest BCUT2D eigenvalue weighted by Gasteiger charge is 2.21. The first-order valence-corrected chi connectivity index (χ1v) is 7.00. The molecule has 0 saturated carbocycles. The first kappa shape index (κ1) is 14.8. The van der Waals surface area contributed by atoms with Gasteiger partial charge in [-0.05, 0) is 31.2 Å². The summed E-state index contributed by atoms with van der Waals surface area (Å²) in [6, 6.07) is 14.8. The number of carbonyl (C=O) groups is 1. The van der Waals surface area contributed by atoms with Gasteiger partial charge in [0.05, 0.1) is 12.8 Å². The molecule has 23 heavy (non-hydrogen) atoms. The molecule has 2 aromatic carbocycles. The second-order valence-corrected chi connectivity index (χ2v) is 5.07. The summed E-state index contributed by atoms with van der Waals surface area (Å²) < 4.78 is 6.74. The van der Waals surface area contributed by atoms with Gasteiger partial charge in [0, 0.05) is 5.56 Å². The minimum atomic E-state index is -1.12. The van der Waals surface area contributed by atoms with E-state index in [2.05, 4.69) is 10.3 Å². The predicted molar refractivity (Wildman–Crippen MR) is 85.0 cm³/mol. The number of aromatic nitrogens is 3. The molecule has 0 bridgehead atoms. The monoisotopic (exact) mass is 309 g/mol. The van der Waals surface area contributed by atoms with Crippen molar-refractivity contribution in [1.29, 1.82) is 0 Å². The Kier molecular flexibility index (Phi) is 3.80. The van der Waals surface area contributed by atoms with Crippen LogP contribution in [-0.4, -0.2) is 33.2 Å². The van der Waals surface area contributed by atoms with E-state index in [1.165, 1.54) is 4.68 Å². The van der Waals surface area contributed by atoms with E-state index in [1.54, 1.807) is 31.4 Å². The van der Waals surface area contributed by atoms with E-state index >= 15 is 0 Å². The van der Waals surface area contributed by atoms with E-state index < -0.39 is 5.97 Å². The Morgan fingerprint density at radius 2 is 1.91 bits per heavy atom. The number of carboxylic acids is 1. The summed E-state index contributed by atoms with van der Waals surface area (Å²) in [5.74, 6) is -0.489. The summed E-state index contributed by atoms with van der Waals surface area (Å²) in [6.45, 7) is 1.98. The van der Waals surface area contributed by atoms with E-state index in [-0.39, 0.29) is 5.69 Å². The number of rotatable bonds is 4. The maximum absolute atomic E-state index is 11.5. The van der Waals surface area contributed by atoms with Gasteiger partial charge in [-0.3, -0.25) is 0 Å². The Hall–Kier alpha value is -3.15. The lowest BCUT2D eigenvalue weighted by atomic mass is 10.1. The molecule has 0 atom stereocenters. The van der Waals surface area contributed by atoms with Crippen molar-refractivity contribution in [3.8, 4) is 22.7 Å². The molecule has 1 N–H and O–H groups in total. The van der Waals surface area contributed by atoms with Gasteiger partial charge in [0.25, 0.3) is 0 Å². The van der Waals surface area contributed by atoms with Crippen LogP contribution in [0.4, 0.5) is 0 Å². The molecule has 0 spiro atoms. The van der Waals surface area contributed by atoms with E-state index in [4.69, 9.17) is 4.74 Å². The van der Waals surface area contributed by atoms with Gasteiger partial charge in [-0.15, -0.1) is 5.10 Å². The number of hydrogen-bond acceptors (Lipinski definition) is 4. The van der Waals surface area contributed by atoms with Gasteiger partial charge < -0.3 is 9.84 Å².